The molecule has 1 rings (SSSR count). The van der Waals surface area contributed by atoms with E-state index >= 15 is 0 Å². The van der Waals surface area contributed by atoms with Gasteiger partial charge in [-0.05, 0) is 0 Å². The third kappa shape index (κ3) is 2.55. The summed E-state index contributed by atoms with van der Waals surface area (Å²) in [5.41, 5.74) is -0.0549. The van der Waals surface area contributed by atoms with Crippen LogP contribution in [0.3, 0.4) is 0 Å². The first-order valence-corrected chi connectivity index (χ1v) is 8.07. The van der Waals surface area contributed by atoms with Gasteiger partial charge in [0.2, 0.25) is 0 Å². The zero-order valence-corrected chi connectivity index (χ0v) is 10.9. The molecule has 12 heavy (non-hydrogen) atoms. The van der Waals surface area contributed by atoms with E-state index in [0.717, 1.165) is 10.6 Å². The molecule has 0 amide bonds. The van der Waals surface area contributed by atoms with Crippen LogP contribution >= 0.6 is 26.4 Å². The number of hydrogen-bond donors (Lipinski definition) is 0. The van der Waals surface area contributed by atoms with E-state index in [1.165, 1.54) is 0 Å². The van der Waals surface area contributed by atoms with Gasteiger partial charge < -0.3 is 0 Å². The van der Waals surface area contributed by atoms with Crippen LogP contribution in [0.4, 0.5) is 0 Å². The molecule has 0 saturated carbocycles. The average molecular weight is 289 g/mol. The Hall–Kier alpha value is 1.11. The predicted octanol–water partition coefficient (Wildman–Crippen LogP) is 2.04. The maximum absolute atomic E-state index is 10.8. The van der Waals surface area contributed by atoms with Crippen LogP contribution in [0.25, 0.3) is 0 Å². The fraction of sp³-hybridized carbons (Fsp3) is 1.00. The van der Waals surface area contributed by atoms with Gasteiger partial charge in [0.15, 0.2) is 0 Å². The van der Waals surface area contributed by atoms with Crippen molar-refractivity contribution in [2.75, 3.05) is 0 Å². The quantitative estimate of drug-likeness (QED) is 0.590. The minimum atomic E-state index is -0.0858. The van der Waals surface area contributed by atoms with Crippen LogP contribution in [-0.2, 0) is 13.7 Å². The van der Waals surface area contributed by atoms with E-state index in [2.05, 4.69) is 9.47 Å². The number of rotatable bonds is 3. The molecule has 1 aliphatic rings. The maximum atomic E-state index is 10.8. The van der Waals surface area contributed by atoms with Crippen molar-refractivity contribution < 1.29 is 13.7 Å². The van der Waals surface area contributed by atoms with Crippen molar-refractivity contribution in [3.05, 3.63) is 0 Å². The molecule has 7 heteroatoms. The monoisotopic (exact) mass is 290 g/mol. The second-order valence-electron chi connectivity index (χ2n) is 2.48. The zero-order valence-electron chi connectivity index (χ0n) is 6.25. The van der Waals surface area contributed by atoms with Gasteiger partial charge in [0.05, 0.1) is 0 Å². The molecule has 1 heterocycles. The zero-order chi connectivity index (χ0) is 8.97. The second-order valence-corrected chi connectivity index (χ2v) is 6.69. The van der Waals surface area contributed by atoms with Crippen molar-refractivity contribution in [2.45, 2.75) is 28.1 Å². The van der Waals surface area contributed by atoms with Crippen molar-refractivity contribution in [3.63, 3.8) is 0 Å². The Morgan fingerprint density at radius 2 is 2.08 bits per heavy atom. The molecule has 1 aliphatic heterocycles. The van der Waals surface area contributed by atoms with Crippen molar-refractivity contribution >= 4 is 41.3 Å². The van der Waals surface area contributed by atoms with E-state index in [-0.39, 0.29) is 34.3 Å². The summed E-state index contributed by atoms with van der Waals surface area (Å²) >= 11 is 0.491. The van der Waals surface area contributed by atoms with E-state index in [1.54, 1.807) is 0 Å². The molecule has 0 radical (unpaired) electrons. The molecule has 0 aromatic rings. The summed E-state index contributed by atoms with van der Waals surface area (Å²) in [6, 6.07) is 0. The van der Waals surface area contributed by atoms with Crippen molar-refractivity contribution in [3.8, 4) is 0 Å². The standard InChI is InChI=1S/C5H9O3P3Se/c6-10-4-2-12-1-3(8-9)5(4)11-7/h3-5H,1-2,9H2/t3?,4-,5-/m1/s1. The fourth-order valence-electron chi connectivity index (χ4n) is 1.10. The normalized spacial score (nSPS) is 37.2. The van der Waals surface area contributed by atoms with Crippen LogP contribution in [0.2, 0.25) is 10.6 Å². The SMILES string of the molecule is O=P[C@@H]1C(OP)C[Se]C[C@H]1P=O. The van der Waals surface area contributed by atoms with Gasteiger partial charge in [-0.2, -0.15) is 0 Å². The van der Waals surface area contributed by atoms with E-state index in [4.69, 9.17) is 4.52 Å². The summed E-state index contributed by atoms with van der Waals surface area (Å²) in [6.45, 7) is 0. The van der Waals surface area contributed by atoms with Gasteiger partial charge in [-0.1, -0.05) is 0 Å². The molecule has 0 aliphatic carbocycles. The number of hydrogen-bond acceptors (Lipinski definition) is 3. The van der Waals surface area contributed by atoms with Crippen LogP contribution in [0.5, 0.6) is 0 Å². The van der Waals surface area contributed by atoms with Gasteiger partial charge in [-0.15, -0.1) is 0 Å². The van der Waals surface area contributed by atoms with Gasteiger partial charge in [0.25, 0.3) is 0 Å². The Morgan fingerprint density at radius 1 is 1.33 bits per heavy atom. The Morgan fingerprint density at radius 3 is 2.58 bits per heavy atom. The molecule has 0 aromatic heterocycles. The van der Waals surface area contributed by atoms with Gasteiger partial charge in [-0.25, -0.2) is 0 Å². The topological polar surface area (TPSA) is 43.4 Å². The van der Waals surface area contributed by atoms with Gasteiger partial charge in [0.1, 0.15) is 0 Å². The Bertz CT molecular complexity index is 179. The summed E-state index contributed by atoms with van der Waals surface area (Å²) in [6.07, 6.45) is 0.00867. The van der Waals surface area contributed by atoms with Gasteiger partial charge in [-0.3, -0.25) is 0 Å². The molecule has 0 N–H and O–H groups in total. The van der Waals surface area contributed by atoms with Crippen LogP contribution in [0.1, 0.15) is 0 Å². The molecule has 0 spiro atoms. The molecule has 0 bridgehead atoms. The Labute approximate surface area is 83.2 Å². The first kappa shape index (κ1) is 11.2. The summed E-state index contributed by atoms with van der Waals surface area (Å²) in [7, 11) is 2.37. The summed E-state index contributed by atoms with van der Waals surface area (Å²) in [4.78, 5) is 0. The predicted molar refractivity (Wildman–Crippen MR) is 52.7 cm³/mol. The van der Waals surface area contributed by atoms with Crippen LogP contribution in [0.15, 0.2) is 0 Å². The van der Waals surface area contributed by atoms with Crippen molar-refractivity contribution in [1.29, 1.82) is 0 Å². The van der Waals surface area contributed by atoms with Gasteiger partial charge >= 0.3 is 83.1 Å². The van der Waals surface area contributed by atoms with E-state index in [0.29, 0.717) is 15.0 Å². The fourth-order valence-corrected chi connectivity index (χ4v) is 6.96. The third-order valence-electron chi connectivity index (χ3n) is 1.78. The van der Waals surface area contributed by atoms with E-state index in [1.807, 2.05) is 0 Å². The van der Waals surface area contributed by atoms with Crippen molar-refractivity contribution in [2.24, 2.45) is 0 Å². The van der Waals surface area contributed by atoms with Crippen molar-refractivity contribution in [1.82, 2.24) is 0 Å². The second kappa shape index (κ2) is 5.76. The third-order valence-corrected chi connectivity index (χ3v) is 7.06. The van der Waals surface area contributed by atoms with Crippen LogP contribution in [-0.4, -0.2) is 32.4 Å². The first-order chi connectivity index (χ1) is 5.83. The molecular formula is C5H9O3P3Se. The first-order valence-electron chi connectivity index (χ1n) is 3.41. The minimum absolute atomic E-state index is 0.00867. The van der Waals surface area contributed by atoms with E-state index < -0.39 is 0 Å². The molecule has 0 aromatic carbocycles. The summed E-state index contributed by atoms with van der Waals surface area (Å²) < 4.78 is 26.6. The molecule has 1 fully saturated rings. The summed E-state index contributed by atoms with van der Waals surface area (Å²) in [5.74, 6) is 0. The molecular weight excluding hydrogens is 280 g/mol. The average Bonchev–Trinajstić information content (AvgIpc) is 2.16. The molecule has 4 atom stereocenters. The molecule has 1 saturated heterocycles. The van der Waals surface area contributed by atoms with Gasteiger partial charge in [0, 0.05) is 0 Å². The molecule has 3 nitrogen and oxygen atoms in total. The van der Waals surface area contributed by atoms with Crippen LogP contribution in [0, 0.1) is 0 Å². The Balaban J connectivity index is 2.64. The molecule has 68 valence electrons. The van der Waals surface area contributed by atoms with E-state index in [9.17, 15) is 9.13 Å². The summed E-state index contributed by atoms with van der Waals surface area (Å²) in [5, 5.41) is 1.92. The van der Waals surface area contributed by atoms with Crippen LogP contribution < -0.4 is 0 Å². The Kier molecular flexibility index (Phi) is 5.37. The molecule has 2 unspecified atom stereocenters.